The molecule has 8 nitrogen and oxygen atoms in total. The molecule has 0 bridgehead atoms. The van der Waals surface area contributed by atoms with E-state index in [1.165, 1.54) is 16.8 Å². The van der Waals surface area contributed by atoms with Crippen LogP contribution in [0.25, 0.3) is 16.9 Å². The molecule has 4 aromatic rings. The van der Waals surface area contributed by atoms with E-state index in [0.29, 0.717) is 11.4 Å². The van der Waals surface area contributed by atoms with Crippen LogP contribution >= 0.6 is 0 Å². The van der Waals surface area contributed by atoms with Crippen LogP contribution in [0.3, 0.4) is 0 Å². The molecule has 2 aromatic heterocycles. The molecule has 0 aliphatic carbocycles. The Kier molecular flexibility index (Phi) is 6.03. The summed E-state index contributed by atoms with van der Waals surface area (Å²) in [5.41, 5.74) is 9.57. The molecule has 0 aliphatic heterocycles. The number of aromatic nitrogens is 4. The molecule has 0 radical (unpaired) electrons. The van der Waals surface area contributed by atoms with Crippen LogP contribution in [0.1, 0.15) is 27.3 Å². The van der Waals surface area contributed by atoms with Crippen LogP contribution in [0, 0.1) is 26.6 Å². The van der Waals surface area contributed by atoms with Gasteiger partial charge in [0, 0.05) is 17.5 Å². The number of hydrazine groups is 1. The Morgan fingerprint density at radius 2 is 1.73 bits per heavy atom. The maximum atomic E-state index is 13.3. The minimum atomic E-state index is -0.526. The molecule has 0 unspecified atom stereocenters. The Morgan fingerprint density at radius 1 is 0.970 bits per heavy atom. The first-order chi connectivity index (χ1) is 15.8. The lowest BCUT2D eigenvalue weighted by Gasteiger charge is -2.08. The van der Waals surface area contributed by atoms with Crippen LogP contribution in [0.2, 0.25) is 0 Å². The maximum Gasteiger partial charge on any atom is 0.273 e. The van der Waals surface area contributed by atoms with Gasteiger partial charge in [0.25, 0.3) is 11.8 Å². The van der Waals surface area contributed by atoms with Gasteiger partial charge >= 0.3 is 0 Å². The molecule has 0 saturated carbocycles. The van der Waals surface area contributed by atoms with E-state index in [0.717, 1.165) is 22.5 Å². The molecule has 9 heteroatoms. The summed E-state index contributed by atoms with van der Waals surface area (Å²) in [4.78, 5) is 25.3. The van der Waals surface area contributed by atoms with Crippen LogP contribution in [0.4, 0.5) is 4.39 Å². The lowest BCUT2D eigenvalue weighted by atomic mass is 10.1. The molecule has 33 heavy (non-hydrogen) atoms. The molecule has 2 amide bonds. The summed E-state index contributed by atoms with van der Waals surface area (Å²) in [5, 5.41) is 8.80. The highest BCUT2D eigenvalue weighted by Crippen LogP contribution is 2.24. The molecule has 2 heterocycles. The van der Waals surface area contributed by atoms with Crippen molar-refractivity contribution in [3.63, 3.8) is 0 Å². The summed E-state index contributed by atoms with van der Waals surface area (Å²) in [5.74, 6) is -1.31. The highest BCUT2D eigenvalue weighted by molar-refractivity contribution is 6.00. The van der Waals surface area contributed by atoms with Crippen LogP contribution < -0.4 is 10.9 Å². The van der Waals surface area contributed by atoms with Gasteiger partial charge in [-0.2, -0.15) is 10.2 Å². The normalized spacial score (nSPS) is 10.8. The minimum absolute atomic E-state index is 0.0282. The fourth-order valence-electron chi connectivity index (χ4n) is 3.48. The Bertz CT molecular complexity index is 1320. The zero-order chi connectivity index (χ0) is 23.5. The standard InChI is InChI=1S/C24H23FN6O2/c1-15-5-4-6-18(11-15)23-21(13-31(29-23)20-9-7-19(25)8-10-20)24(33)27-26-22(32)14-30-17(3)12-16(2)28-30/h4-13H,14H2,1-3H3,(H,26,32)(H,27,33). The second-order valence-corrected chi connectivity index (χ2v) is 7.77. The average Bonchev–Trinajstić information content (AvgIpc) is 3.36. The zero-order valence-corrected chi connectivity index (χ0v) is 18.5. The summed E-state index contributed by atoms with van der Waals surface area (Å²) in [6.07, 6.45) is 1.55. The predicted molar refractivity (Wildman–Crippen MR) is 121 cm³/mol. The quantitative estimate of drug-likeness (QED) is 0.460. The van der Waals surface area contributed by atoms with Crippen molar-refractivity contribution in [3.05, 3.63) is 89.1 Å². The number of rotatable bonds is 5. The number of nitrogens with zero attached hydrogens (tertiary/aromatic N) is 4. The van der Waals surface area contributed by atoms with Crippen molar-refractivity contribution in [2.75, 3.05) is 0 Å². The third-order valence-electron chi connectivity index (χ3n) is 5.05. The van der Waals surface area contributed by atoms with Crippen LogP contribution in [0.15, 0.2) is 60.8 Å². The van der Waals surface area contributed by atoms with Crippen molar-refractivity contribution in [1.29, 1.82) is 0 Å². The summed E-state index contributed by atoms with van der Waals surface area (Å²) in [6.45, 7) is 5.61. The third kappa shape index (κ3) is 4.98. The SMILES string of the molecule is Cc1cccc(-c2nn(-c3ccc(F)cc3)cc2C(=O)NNC(=O)Cn2nc(C)cc2C)c1. The van der Waals surface area contributed by atoms with E-state index in [1.807, 2.05) is 51.1 Å². The number of halogens is 1. The first-order valence-corrected chi connectivity index (χ1v) is 10.3. The summed E-state index contributed by atoms with van der Waals surface area (Å²) >= 11 is 0. The smallest absolute Gasteiger partial charge is 0.271 e. The monoisotopic (exact) mass is 446 g/mol. The van der Waals surface area contributed by atoms with Gasteiger partial charge in [-0.15, -0.1) is 0 Å². The molecule has 0 saturated heterocycles. The highest BCUT2D eigenvalue weighted by Gasteiger charge is 2.20. The molecule has 0 atom stereocenters. The van der Waals surface area contributed by atoms with Crippen molar-refractivity contribution in [3.8, 4) is 16.9 Å². The van der Waals surface area contributed by atoms with Crippen molar-refractivity contribution >= 4 is 11.8 Å². The molecule has 0 spiro atoms. The summed E-state index contributed by atoms with van der Waals surface area (Å²) in [6, 6.07) is 15.2. The fraction of sp³-hybridized carbons (Fsp3) is 0.167. The largest absolute Gasteiger partial charge is 0.273 e. The first kappa shape index (κ1) is 21.9. The van der Waals surface area contributed by atoms with Crippen molar-refractivity contribution < 1.29 is 14.0 Å². The number of aryl methyl sites for hydroxylation is 3. The van der Waals surface area contributed by atoms with Crippen molar-refractivity contribution in [1.82, 2.24) is 30.4 Å². The van der Waals surface area contributed by atoms with E-state index in [9.17, 15) is 14.0 Å². The predicted octanol–water partition coefficient (Wildman–Crippen LogP) is 3.26. The molecule has 2 N–H and O–H groups in total. The lowest BCUT2D eigenvalue weighted by Crippen LogP contribution is -2.43. The van der Waals surface area contributed by atoms with E-state index < -0.39 is 11.8 Å². The number of nitrogens with one attached hydrogen (secondary N) is 2. The second-order valence-electron chi connectivity index (χ2n) is 7.77. The second kappa shape index (κ2) is 9.07. The number of carbonyl (C=O) groups is 2. The van der Waals surface area contributed by atoms with E-state index in [-0.39, 0.29) is 17.9 Å². The number of benzene rings is 2. The number of hydrogen-bond donors (Lipinski definition) is 2. The Hall–Kier alpha value is -4.27. The van der Waals surface area contributed by atoms with Gasteiger partial charge < -0.3 is 0 Å². The van der Waals surface area contributed by atoms with Crippen molar-refractivity contribution in [2.24, 2.45) is 0 Å². The molecule has 2 aromatic carbocycles. The Morgan fingerprint density at radius 3 is 2.39 bits per heavy atom. The van der Waals surface area contributed by atoms with Gasteiger partial charge in [0.05, 0.1) is 16.9 Å². The molecule has 4 rings (SSSR count). The number of amides is 2. The van der Waals surface area contributed by atoms with Gasteiger partial charge in [-0.05, 0) is 57.2 Å². The number of carbonyl (C=O) groups excluding carboxylic acids is 2. The van der Waals surface area contributed by atoms with Crippen LogP contribution in [-0.4, -0.2) is 31.4 Å². The van der Waals surface area contributed by atoms with Gasteiger partial charge in [0.2, 0.25) is 0 Å². The van der Waals surface area contributed by atoms with E-state index in [2.05, 4.69) is 21.0 Å². The average molecular weight is 446 g/mol. The van der Waals surface area contributed by atoms with Crippen LogP contribution in [-0.2, 0) is 11.3 Å². The van der Waals surface area contributed by atoms with Crippen LogP contribution in [0.5, 0.6) is 0 Å². The lowest BCUT2D eigenvalue weighted by molar-refractivity contribution is -0.122. The van der Waals surface area contributed by atoms with Gasteiger partial charge in [-0.3, -0.25) is 25.1 Å². The maximum absolute atomic E-state index is 13.3. The van der Waals surface area contributed by atoms with Gasteiger partial charge in [-0.1, -0.05) is 23.8 Å². The van der Waals surface area contributed by atoms with E-state index >= 15 is 0 Å². The van der Waals surface area contributed by atoms with E-state index in [4.69, 9.17) is 0 Å². The fourth-order valence-corrected chi connectivity index (χ4v) is 3.48. The highest BCUT2D eigenvalue weighted by atomic mass is 19.1. The van der Waals surface area contributed by atoms with Gasteiger partial charge in [0.15, 0.2) is 0 Å². The van der Waals surface area contributed by atoms with Crippen molar-refractivity contribution in [2.45, 2.75) is 27.3 Å². The molecule has 0 aliphatic rings. The molecule has 168 valence electrons. The topological polar surface area (TPSA) is 93.8 Å². The van der Waals surface area contributed by atoms with Gasteiger partial charge in [0.1, 0.15) is 18.1 Å². The summed E-state index contributed by atoms with van der Waals surface area (Å²) < 4.78 is 16.4. The Labute approximate surface area is 190 Å². The number of hydrogen-bond acceptors (Lipinski definition) is 4. The van der Waals surface area contributed by atoms with Gasteiger partial charge in [-0.25, -0.2) is 9.07 Å². The minimum Gasteiger partial charge on any atom is -0.271 e. The molecular weight excluding hydrogens is 423 g/mol. The first-order valence-electron chi connectivity index (χ1n) is 10.3. The Balaban J connectivity index is 1.58. The third-order valence-corrected chi connectivity index (χ3v) is 5.05. The molecule has 0 fully saturated rings. The molecular formula is C24H23FN6O2. The summed E-state index contributed by atoms with van der Waals surface area (Å²) in [7, 11) is 0. The zero-order valence-electron chi connectivity index (χ0n) is 18.5. The van der Waals surface area contributed by atoms with E-state index in [1.54, 1.807) is 23.0 Å².